The van der Waals surface area contributed by atoms with Gasteiger partial charge in [-0.25, -0.2) is 0 Å². The highest BCUT2D eigenvalue weighted by Crippen LogP contribution is 2.37. The predicted octanol–water partition coefficient (Wildman–Crippen LogP) is 4.39. The van der Waals surface area contributed by atoms with E-state index in [1.807, 2.05) is 12.1 Å². The van der Waals surface area contributed by atoms with E-state index in [1.165, 1.54) is 0 Å². The van der Waals surface area contributed by atoms with Crippen molar-refractivity contribution < 1.29 is 18.7 Å². The molecule has 110 valence electrons. The van der Waals surface area contributed by atoms with E-state index in [9.17, 15) is 9.59 Å². The van der Waals surface area contributed by atoms with Crippen LogP contribution in [-0.4, -0.2) is 18.9 Å². The van der Waals surface area contributed by atoms with Gasteiger partial charge in [0, 0.05) is 14.5 Å². The van der Waals surface area contributed by atoms with Crippen LogP contribution in [0.3, 0.4) is 0 Å². The van der Waals surface area contributed by atoms with Gasteiger partial charge in [0.25, 0.3) is 0 Å². The van der Waals surface area contributed by atoms with Gasteiger partial charge in [-0.1, -0.05) is 0 Å². The van der Waals surface area contributed by atoms with Gasteiger partial charge in [-0.2, -0.15) is 0 Å². The minimum Gasteiger partial charge on any atom is -0.466 e. The van der Waals surface area contributed by atoms with Crippen LogP contribution in [0.25, 0.3) is 11.3 Å². The van der Waals surface area contributed by atoms with E-state index in [1.54, 1.807) is 19.1 Å². The molecule has 2 rings (SSSR count). The van der Waals surface area contributed by atoms with Crippen LogP contribution in [0.2, 0.25) is 0 Å². The molecule has 0 bridgehead atoms. The van der Waals surface area contributed by atoms with Crippen LogP contribution in [0, 0.1) is 0 Å². The number of carbonyl (C=O) groups is 2. The Balaban J connectivity index is 2.33. The third-order valence-electron chi connectivity index (χ3n) is 2.75. The molecule has 1 heterocycles. The quantitative estimate of drug-likeness (QED) is 0.536. The molecule has 21 heavy (non-hydrogen) atoms. The highest BCUT2D eigenvalue weighted by molar-refractivity contribution is 9.11. The molecule has 1 aromatic heterocycles. The van der Waals surface area contributed by atoms with E-state index < -0.39 is 0 Å². The Bertz CT molecular complexity index is 653. The molecule has 0 saturated carbocycles. The van der Waals surface area contributed by atoms with Crippen molar-refractivity contribution in [1.82, 2.24) is 0 Å². The molecule has 4 nitrogen and oxygen atoms in total. The zero-order valence-corrected chi connectivity index (χ0v) is 14.4. The molecule has 6 heteroatoms. The van der Waals surface area contributed by atoms with E-state index in [2.05, 4.69) is 31.9 Å². The molecule has 0 aliphatic rings. The average molecular weight is 416 g/mol. The zero-order chi connectivity index (χ0) is 15.4. The van der Waals surface area contributed by atoms with E-state index in [0.717, 1.165) is 20.1 Å². The standard InChI is InChI=1S/C15H12Br2O4/c1-2-20-14(19)7-9-5-11(16)15(12(17)6-9)13-4-3-10(8-18)21-13/h3-6,8H,2,7H2,1H3. The molecule has 0 saturated heterocycles. The highest BCUT2D eigenvalue weighted by atomic mass is 79.9. The lowest BCUT2D eigenvalue weighted by Crippen LogP contribution is -2.07. The third-order valence-corrected chi connectivity index (χ3v) is 4.00. The summed E-state index contributed by atoms with van der Waals surface area (Å²) in [6.07, 6.45) is 0.851. The molecule has 0 amide bonds. The van der Waals surface area contributed by atoms with E-state index in [-0.39, 0.29) is 18.2 Å². The van der Waals surface area contributed by atoms with Crippen LogP contribution < -0.4 is 0 Å². The lowest BCUT2D eigenvalue weighted by atomic mass is 10.1. The Morgan fingerprint density at radius 3 is 2.48 bits per heavy atom. The first kappa shape index (κ1) is 16.0. The van der Waals surface area contributed by atoms with Gasteiger partial charge in [0.2, 0.25) is 0 Å². The lowest BCUT2D eigenvalue weighted by molar-refractivity contribution is -0.142. The second-order valence-corrected chi connectivity index (χ2v) is 5.94. The molecule has 0 spiro atoms. The van der Waals surface area contributed by atoms with Gasteiger partial charge in [0.1, 0.15) is 5.76 Å². The van der Waals surface area contributed by atoms with Crippen molar-refractivity contribution in [3.63, 3.8) is 0 Å². The number of aldehydes is 1. The molecule has 0 radical (unpaired) electrons. The number of furan rings is 1. The van der Waals surface area contributed by atoms with Gasteiger partial charge >= 0.3 is 5.97 Å². The number of carbonyl (C=O) groups excluding carboxylic acids is 2. The summed E-state index contributed by atoms with van der Waals surface area (Å²) >= 11 is 6.93. The van der Waals surface area contributed by atoms with Crippen molar-refractivity contribution >= 4 is 44.1 Å². The normalized spacial score (nSPS) is 10.4. The second-order valence-electron chi connectivity index (χ2n) is 4.24. The van der Waals surface area contributed by atoms with Crippen LogP contribution in [0.1, 0.15) is 23.0 Å². The van der Waals surface area contributed by atoms with Crippen molar-refractivity contribution in [2.45, 2.75) is 13.3 Å². The smallest absolute Gasteiger partial charge is 0.310 e. The predicted molar refractivity (Wildman–Crippen MR) is 85.3 cm³/mol. The largest absolute Gasteiger partial charge is 0.466 e. The summed E-state index contributed by atoms with van der Waals surface area (Å²) in [6, 6.07) is 6.99. The van der Waals surface area contributed by atoms with Gasteiger partial charge < -0.3 is 9.15 Å². The minimum absolute atomic E-state index is 0.197. The minimum atomic E-state index is -0.273. The van der Waals surface area contributed by atoms with Crippen LogP contribution in [0.4, 0.5) is 0 Å². The molecule has 0 unspecified atom stereocenters. The Kier molecular flexibility index (Phi) is 5.36. The fraction of sp³-hybridized carbons (Fsp3) is 0.200. The van der Waals surface area contributed by atoms with E-state index in [0.29, 0.717) is 18.7 Å². The second kappa shape index (κ2) is 7.04. The summed E-state index contributed by atoms with van der Waals surface area (Å²) in [5, 5.41) is 0. The molecule has 0 fully saturated rings. The first-order valence-electron chi connectivity index (χ1n) is 6.24. The zero-order valence-electron chi connectivity index (χ0n) is 11.2. The Morgan fingerprint density at radius 2 is 1.95 bits per heavy atom. The summed E-state index contributed by atoms with van der Waals surface area (Å²) in [4.78, 5) is 22.2. The lowest BCUT2D eigenvalue weighted by Gasteiger charge is -2.08. The van der Waals surface area contributed by atoms with Gasteiger partial charge in [-0.05, 0) is 68.6 Å². The van der Waals surface area contributed by atoms with Crippen LogP contribution in [0.15, 0.2) is 37.6 Å². The molecule has 0 aliphatic carbocycles. The number of rotatable bonds is 5. The van der Waals surface area contributed by atoms with E-state index >= 15 is 0 Å². The topological polar surface area (TPSA) is 56.5 Å². The van der Waals surface area contributed by atoms with Crippen molar-refractivity contribution in [2.75, 3.05) is 6.61 Å². The van der Waals surface area contributed by atoms with E-state index in [4.69, 9.17) is 9.15 Å². The maximum atomic E-state index is 11.5. The number of hydrogen-bond donors (Lipinski definition) is 0. The molecule has 0 aliphatic heterocycles. The maximum Gasteiger partial charge on any atom is 0.310 e. The van der Waals surface area contributed by atoms with Crippen molar-refractivity contribution in [2.24, 2.45) is 0 Å². The van der Waals surface area contributed by atoms with Gasteiger partial charge in [-0.3, -0.25) is 9.59 Å². The monoisotopic (exact) mass is 414 g/mol. The Morgan fingerprint density at radius 1 is 1.29 bits per heavy atom. The van der Waals surface area contributed by atoms with Gasteiger partial charge in [-0.15, -0.1) is 0 Å². The summed E-state index contributed by atoms with van der Waals surface area (Å²) in [5.41, 5.74) is 1.61. The molecular weight excluding hydrogens is 404 g/mol. The number of ether oxygens (including phenoxy) is 1. The molecule has 2 aromatic rings. The molecule has 1 aromatic carbocycles. The summed E-state index contributed by atoms with van der Waals surface area (Å²) < 4.78 is 11.9. The van der Waals surface area contributed by atoms with Gasteiger partial charge in [0.05, 0.1) is 13.0 Å². The Hall–Kier alpha value is -1.40. The fourth-order valence-electron chi connectivity index (χ4n) is 1.89. The van der Waals surface area contributed by atoms with Crippen LogP contribution >= 0.6 is 31.9 Å². The maximum absolute atomic E-state index is 11.5. The number of esters is 1. The van der Waals surface area contributed by atoms with Crippen LogP contribution in [0.5, 0.6) is 0 Å². The van der Waals surface area contributed by atoms with Gasteiger partial charge in [0.15, 0.2) is 12.0 Å². The van der Waals surface area contributed by atoms with Crippen molar-refractivity contribution in [3.05, 3.63) is 44.5 Å². The summed E-state index contributed by atoms with van der Waals surface area (Å²) in [6.45, 7) is 2.13. The summed E-state index contributed by atoms with van der Waals surface area (Å²) in [5.74, 6) is 0.559. The highest BCUT2D eigenvalue weighted by Gasteiger charge is 2.15. The number of hydrogen-bond acceptors (Lipinski definition) is 4. The Labute approximate surface area is 138 Å². The van der Waals surface area contributed by atoms with Crippen LogP contribution in [-0.2, 0) is 16.0 Å². The molecule has 0 N–H and O–H groups in total. The SMILES string of the molecule is CCOC(=O)Cc1cc(Br)c(-c2ccc(C=O)o2)c(Br)c1. The molecular formula is C15H12Br2O4. The summed E-state index contributed by atoms with van der Waals surface area (Å²) in [7, 11) is 0. The number of halogens is 2. The number of benzene rings is 1. The fourth-order valence-corrected chi connectivity index (χ4v) is 3.56. The first-order valence-corrected chi connectivity index (χ1v) is 7.82. The molecule has 0 atom stereocenters. The van der Waals surface area contributed by atoms with Crippen molar-refractivity contribution in [3.8, 4) is 11.3 Å². The third kappa shape index (κ3) is 3.83. The van der Waals surface area contributed by atoms with Crippen molar-refractivity contribution in [1.29, 1.82) is 0 Å². The first-order chi connectivity index (χ1) is 10.0. The average Bonchev–Trinajstić information content (AvgIpc) is 2.86.